The standard InChI is InChI=1S/C26H27N7O4/c27-24(28)17-6-8-19(9-7-17)31-26(34)23-13-22(37-21-3-1-2-18(12-21)25(29)30)15-32(23)14-16-4-10-20(11-5-16)33(35)36/h1-12,22-23H,13-15H2,(H3,27,28)(H3,29,30)(H,31,34)/t22-,23+/m1/s1. The number of nitro groups is 1. The van der Waals surface area contributed by atoms with Gasteiger partial charge >= 0.3 is 0 Å². The topological polar surface area (TPSA) is 184 Å². The van der Waals surface area contributed by atoms with Crippen molar-refractivity contribution in [3.05, 3.63) is 99.6 Å². The maximum atomic E-state index is 13.3. The fraction of sp³-hybridized carbons (Fsp3) is 0.192. The Morgan fingerprint density at radius 1 is 1.03 bits per heavy atom. The summed E-state index contributed by atoms with van der Waals surface area (Å²) in [7, 11) is 0. The molecule has 0 spiro atoms. The Bertz CT molecular complexity index is 1330. The molecule has 190 valence electrons. The van der Waals surface area contributed by atoms with Crippen molar-refractivity contribution >= 4 is 29.0 Å². The van der Waals surface area contributed by atoms with E-state index >= 15 is 0 Å². The largest absolute Gasteiger partial charge is 0.489 e. The first-order valence-electron chi connectivity index (χ1n) is 11.5. The van der Waals surface area contributed by atoms with Gasteiger partial charge in [-0.3, -0.25) is 30.6 Å². The van der Waals surface area contributed by atoms with Crippen molar-refractivity contribution in [2.75, 3.05) is 11.9 Å². The van der Waals surface area contributed by atoms with Gasteiger partial charge in [-0.1, -0.05) is 24.3 Å². The van der Waals surface area contributed by atoms with Crippen LogP contribution < -0.4 is 21.5 Å². The molecule has 0 aromatic heterocycles. The van der Waals surface area contributed by atoms with E-state index in [1.54, 1.807) is 60.7 Å². The van der Waals surface area contributed by atoms with E-state index in [1.165, 1.54) is 12.1 Å². The summed E-state index contributed by atoms with van der Waals surface area (Å²) >= 11 is 0. The van der Waals surface area contributed by atoms with Gasteiger partial charge in [-0.05, 0) is 42.0 Å². The number of hydrogen-bond donors (Lipinski definition) is 5. The summed E-state index contributed by atoms with van der Waals surface area (Å²) in [6, 6.07) is 19.4. The third kappa shape index (κ3) is 6.27. The fourth-order valence-electron chi connectivity index (χ4n) is 4.24. The van der Waals surface area contributed by atoms with Gasteiger partial charge in [-0.2, -0.15) is 0 Å². The average Bonchev–Trinajstić information content (AvgIpc) is 3.26. The number of ether oxygens (including phenoxy) is 1. The van der Waals surface area contributed by atoms with Gasteiger partial charge in [-0.15, -0.1) is 0 Å². The average molecular weight is 502 g/mol. The first-order valence-corrected chi connectivity index (χ1v) is 11.5. The monoisotopic (exact) mass is 501 g/mol. The van der Waals surface area contributed by atoms with Gasteiger partial charge in [0.2, 0.25) is 5.91 Å². The van der Waals surface area contributed by atoms with Gasteiger partial charge in [-0.25, -0.2) is 0 Å². The number of amides is 1. The SMILES string of the molecule is N=C(N)c1ccc(NC(=O)[C@@H]2C[C@@H](Oc3cccc(C(=N)N)c3)CN2Cc2ccc([N+](=O)[O-])cc2)cc1. The number of non-ortho nitro benzene ring substituents is 1. The van der Waals surface area contributed by atoms with E-state index in [4.69, 9.17) is 27.0 Å². The molecule has 0 aliphatic carbocycles. The van der Waals surface area contributed by atoms with E-state index in [1.807, 2.05) is 4.90 Å². The molecule has 7 N–H and O–H groups in total. The van der Waals surface area contributed by atoms with Crippen molar-refractivity contribution in [2.24, 2.45) is 11.5 Å². The number of nitrogens with zero attached hydrogens (tertiary/aromatic N) is 2. The minimum atomic E-state index is -0.524. The van der Waals surface area contributed by atoms with Crippen LogP contribution in [0.25, 0.3) is 0 Å². The molecule has 2 atom stereocenters. The zero-order valence-corrected chi connectivity index (χ0v) is 19.9. The number of nitrogen functional groups attached to an aromatic ring is 2. The quantitative estimate of drug-likeness (QED) is 0.129. The summed E-state index contributed by atoms with van der Waals surface area (Å²) in [6.07, 6.45) is 0.102. The van der Waals surface area contributed by atoms with Gasteiger partial charge in [0.1, 0.15) is 23.5 Å². The molecule has 1 heterocycles. The summed E-state index contributed by atoms with van der Waals surface area (Å²) in [5.74, 6) is 0.205. The third-order valence-corrected chi connectivity index (χ3v) is 6.11. The molecule has 1 aliphatic rings. The first-order chi connectivity index (χ1) is 17.7. The number of nitrogens with one attached hydrogen (secondary N) is 3. The Labute approximate surface area is 213 Å². The first kappa shape index (κ1) is 25.3. The smallest absolute Gasteiger partial charge is 0.269 e. The van der Waals surface area contributed by atoms with Gasteiger partial charge in [0.25, 0.3) is 5.69 Å². The number of anilines is 1. The fourth-order valence-corrected chi connectivity index (χ4v) is 4.24. The molecule has 0 saturated carbocycles. The lowest BCUT2D eigenvalue weighted by atomic mass is 10.1. The molecule has 0 bridgehead atoms. The molecule has 3 aromatic rings. The van der Waals surface area contributed by atoms with Crippen molar-refractivity contribution in [2.45, 2.75) is 25.1 Å². The minimum absolute atomic E-state index is 0.0000331. The minimum Gasteiger partial charge on any atom is -0.489 e. The maximum absolute atomic E-state index is 13.3. The van der Waals surface area contributed by atoms with Gasteiger partial charge in [0.15, 0.2) is 0 Å². The Balaban J connectivity index is 1.52. The van der Waals surface area contributed by atoms with Crippen molar-refractivity contribution in [3.63, 3.8) is 0 Å². The molecule has 0 unspecified atom stereocenters. The zero-order chi connectivity index (χ0) is 26.5. The second-order valence-corrected chi connectivity index (χ2v) is 8.77. The number of carbonyl (C=O) groups is 1. The highest BCUT2D eigenvalue weighted by Gasteiger charge is 2.38. The number of benzene rings is 3. The molecular weight excluding hydrogens is 474 g/mol. The number of likely N-dealkylation sites (tertiary alicyclic amines) is 1. The molecule has 1 amide bonds. The number of carbonyl (C=O) groups excluding carboxylic acids is 1. The van der Waals surface area contributed by atoms with Crippen LogP contribution in [0.15, 0.2) is 72.8 Å². The van der Waals surface area contributed by atoms with E-state index < -0.39 is 11.0 Å². The lowest BCUT2D eigenvalue weighted by molar-refractivity contribution is -0.384. The second-order valence-electron chi connectivity index (χ2n) is 8.77. The third-order valence-electron chi connectivity index (χ3n) is 6.11. The number of nitrogens with two attached hydrogens (primary N) is 2. The summed E-state index contributed by atoms with van der Waals surface area (Å²) in [4.78, 5) is 25.8. The van der Waals surface area contributed by atoms with Crippen LogP contribution in [0.1, 0.15) is 23.1 Å². The van der Waals surface area contributed by atoms with Crippen LogP contribution in [0.3, 0.4) is 0 Å². The molecule has 4 rings (SSSR count). The Hall–Kier alpha value is -4.77. The molecule has 11 nitrogen and oxygen atoms in total. The van der Waals surface area contributed by atoms with Crippen molar-refractivity contribution in [3.8, 4) is 5.75 Å². The van der Waals surface area contributed by atoms with Gasteiger partial charge < -0.3 is 21.5 Å². The van der Waals surface area contributed by atoms with Crippen molar-refractivity contribution in [1.82, 2.24) is 4.90 Å². The Morgan fingerprint density at radius 2 is 1.70 bits per heavy atom. The van der Waals surface area contributed by atoms with Crippen LogP contribution in [-0.4, -0.2) is 46.1 Å². The van der Waals surface area contributed by atoms with E-state index in [0.717, 1.165) is 5.56 Å². The zero-order valence-electron chi connectivity index (χ0n) is 19.9. The second kappa shape index (κ2) is 10.9. The molecule has 1 aliphatic heterocycles. The molecular formula is C26H27N7O4. The van der Waals surface area contributed by atoms with E-state index in [-0.39, 0.29) is 29.4 Å². The van der Waals surface area contributed by atoms with E-state index in [0.29, 0.717) is 42.1 Å². The van der Waals surface area contributed by atoms with Crippen LogP contribution in [0.4, 0.5) is 11.4 Å². The van der Waals surface area contributed by atoms with Crippen LogP contribution in [0.5, 0.6) is 5.75 Å². The normalized spacial score (nSPS) is 17.2. The van der Waals surface area contributed by atoms with Crippen LogP contribution in [-0.2, 0) is 11.3 Å². The van der Waals surface area contributed by atoms with Crippen molar-refractivity contribution < 1.29 is 14.5 Å². The number of amidine groups is 2. The highest BCUT2D eigenvalue weighted by Crippen LogP contribution is 2.27. The molecule has 0 radical (unpaired) electrons. The molecule has 3 aromatic carbocycles. The molecule has 37 heavy (non-hydrogen) atoms. The van der Waals surface area contributed by atoms with Crippen molar-refractivity contribution in [1.29, 1.82) is 10.8 Å². The van der Waals surface area contributed by atoms with E-state index in [9.17, 15) is 14.9 Å². The Morgan fingerprint density at radius 3 is 2.32 bits per heavy atom. The van der Waals surface area contributed by atoms with Crippen LogP contribution in [0.2, 0.25) is 0 Å². The molecule has 11 heteroatoms. The van der Waals surface area contributed by atoms with E-state index in [2.05, 4.69) is 5.32 Å². The molecule has 1 saturated heterocycles. The van der Waals surface area contributed by atoms with Crippen LogP contribution >= 0.6 is 0 Å². The summed E-state index contributed by atoms with van der Waals surface area (Å²) in [6.45, 7) is 0.843. The highest BCUT2D eigenvalue weighted by atomic mass is 16.6. The van der Waals surface area contributed by atoms with Gasteiger partial charge in [0.05, 0.1) is 11.0 Å². The number of nitro benzene ring substituents is 1. The summed E-state index contributed by atoms with van der Waals surface area (Å²) < 4.78 is 6.16. The summed E-state index contributed by atoms with van der Waals surface area (Å²) in [5.41, 5.74) is 13.6. The number of rotatable bonds is 9. The highest BCUT2D eigenvalue weighted by molar-refractivity contribution is 5.97. The Kier molecular flexibility index (Phi) is 7.44. The molecule has 1 fully saturated rings. The van der Waals surface area contributed by atoms with Crippen LogP contribution in [0, 0.1) is 20.9 Å². The lowest BCUT2D eigenvalue weighted by Crippen LogP contribution is -2.39. The maximum Gasteiger partial charge on any atom is 0.269 e. The van der Waals surface area contributed by atoms with Gasteiger partial charge in [0, 0.05) is 48.5 Å². The lowest BCUT2D eigenvalue weighted by Gasteiger charge is -2.23. The predicted molar refractivity (Wildman–Crippen MR) is 140 cm³/mol. The number of hydrogen-bond acceptors (Lipinski definition) is 7. The predicted octanol–water partition coefficient (Wildman–Crippen LogP) is 2.82. The summed E-state index contributed by atoms with van der Waals surface area (Å²) in [5, 5.41) is 29.1.